The first-order chi connectivity index (χ1) is 13.2. The van der Waals surface area contributed by atoms with E-state index in [0.717, 1.165) is 60.0 Å². The number of aliphatic hydroxyl groups is 1. The molecule has 1 saturated carbocycles. The highest BCUT2D eigenvalue weighted by molar-refractivity contribution is 6.00. The van der Waals surface area contributed by atoms with Crippen molar-refractivity contribution < 1.29 is 14.6 Å². The molecule has 4 rings (SSSR count). The van der Waals surface area contributed by atoms with Gasteiger partial charge < -0.3 is 24.8 Å². The number of hydrogen-bond donors (Lipinski definition) is 2. The molecule has 0 unspecified atom stereocenters. The Morgan fingerprint density at radius 2 is 2.04 bits per heavy atom. The third kappa shape index (κ3) is 3.57. The molecule has 0 aromatic heterocycles. The third-order valence-corrected chi connectivity index (χ3v) is 5.19. The number of rotatable bonds is 3. The maximum Gasteiger partial charge on any atom is 0.231 e. The minimum Gasteiger partial charge on any atom is -0.454 e. The van der Waals surface area contributed by atoms with Gasteiger partial charge >= 0.3 is 0 Å². The molecule has 0 spiro atoms. The minimum absolute atomic E-state index is 0.180. The van der Waals surface area contributed by atoms with Crippen LogP contribution in [0.15, 0.2) is 53.9 Å². The van der Waals surface area contributed by atoms with Crippen LogP contribution in [0.2, 0.25) is 0 Å². The van der Waals surface area contributed by atoms with Crippen molar-refractivity contribution >= 4 is 11.5 Å². The van der Waals surface area contributed by atoms with E-state index in [9.17, 15) is 5.11 Å². The number of nitrogens with zero attached hydrogens (tertiary/aromatic N) is 2. The normalized spacial score (nSPS) is 26.4. The first kappa shape index (κ1) is 17.7. The van der Waals surface area contributed by atoms with Crippen LogP contribution in [0.4, 0.5) is 0 Å². The van der Waals surface area contributed by atoms with Crippen LogP contribution in [-0.2, 0) is 0 Å². The van der Waals surface area contributed by atoms with Crippen molar-refractivity contribution in [2.75, 3.05) is 6.79 Å². The predicted molar refractivity (Wildman–Crippen MR) is 105 cm³/mol. The molecule has 1 aliphatic carbocycles. The maximum atomic E-state index is 9.70. The van der Waals surface area contributed by atoms with Crippen LogP contribution in [0.25, 0.3) is 5.70 Å². The molecule has 0 amide bonds. The molecule has 1 aromatic carbocycles. The molecule has 1 fully saturated rings. The summed E-state index contributed by atoms with van der Waals surface area (Å²) >= 11 is 0. The van der Waals surface area contributed by atoms with Gasteiger partial charge in [-0.15, -0.1) is 0 Å². The average molecular weight is 367 g/mol. The number of nitrogens with one attached hydrogen (secondary N) is 1. The molecule has 2 aliphatic heterocycles. The zero-order valence-corrected chi connectivity index (χ0v) is 15.5. The number of ether oxygens (including phenoxy) is 2. The molecule has 6 nitrogen and oxygen atoms in total. The number of benzene rings is 1. The van der Waals surface area contributed by atoms with E-state index in [4.69, 9.17) is 14.5 Å². The Labute approximate surface area is 159 Å². The monoisotopic (exact) mass is 367 g/mol. The standard InChI is InChI=1S/C21H25N3O3/c1-3-18(15-4-9-19-20(12-15)27-13-26-19)24-11-10-22-21(14(24)2)23-16-5-7-17(25)8-6-16/h3-4,9-12,16-17,25H,2,5-8,13H2,1H3,(H,22,23)/b18-3-. The van der Waals surface area contributed by atoms with E-state index in [1.807, 2.05) is 48.5 Å². The summed E-state index contributed by atoms with van der Waals surface area (Å²) in [5.74, 6) is 2.30. The molecule has 27 heavy (non-hydrogen) atoms. The summed E-state index contributed by atoms with van der Waals surface area (Å²) < 4.78 is 10.9. The molecule has 2 N–H and O–H groups in total. The Morgan fingerprint density at radius 3 is 2.81 bits per heavy atom. The molecule has 6 heteroatoms. The largest absolute Gasteiger partial charge is 0.454 e. The van der Waals surface area contributed by atoms with Gasteiger partial charge in [-0.2, -0.15) is 0 Å². The van der Waals surface area contributed by atoms with Crippen molar-refractivity contribution in [1.82, 2.24) is 10.2 Å². The lowest BCUT2D eigenvalue weighted by molar-refractivity contribution is 0.123. The summed E-state index contributed by atoms with van der Waals surface area (Å²) in [4.78, 5) is 6.89. The van der Waals surface area contributed by atoms with Crippen molar-refractivity contribution in [2.24, 2.45) is 4.99 Å². The Kier molecular flexibility index (Phi) is 4.90. The van der Waals surface area contributed by atoms with Gasteiger partial charge in [-0.05, 0) is 50.8 Å². The van der Waals surface area contributed by atoms with Crippen LogP contribution in [0.5, 0.6) is 11.5 Å². The van der Waals surface area contributed by atoms with E-state index in [-0.39, 0.29) is 18.9 Å². The number of aliphatic imine (C=N–C) groups is 1. The van der Waals surface area contributed by atoms with Crippen LogP contribution in [0.1, 0.15) is 38.2 Å². The van der Waals surface area contributed by atoms with E-state index < -0.39 is 0 Å². The van der Waals surface area contributed by atoms with Gasteiger partial charge in [0.1, 0.15) is 5.84 Å². The summed E-state index contributed by atoms with van der Waals surface area (Å²) in [6.07, 6.45) is 9.13. The number of fused-ring (bicyclic) bond motifs is 1. The zero-order chi connectivity index (χ0) is 18.8. The van der Waals surface area contributed by atoms with Gasteiger partial charge in [-0.3, -0.25) is 4.99 Å². The fourth-order valence-corrected chi connectivity index (χ4v) is 3.69. The van der Waals surface area contributed by atoms with E-state index >= 15 is 0 Å². The summed E-state index contributed by atoms with van der Waals surface area (Å²) in [5, 5.41) is 12.9. The molecule has 142 valence electrons. The summed E-state index contributed by atoms with van der Waals surface area (Å²) in [6, 6.07) is 6.16. The number of allylic oxidation sites excluding steroid dienone is 1. The van der Waals surface area contributed by atoms with Crippen LogP contribution >= 0.6 is 0 Å². The Balaban J connectivity index is 1.56. The van der Waals surface area contributed by atoms with Gasteiger partial charge in [0.05, 0.1) is 17.8 Å². The van der Waals surface area contributed by atoms with Crippen molar-refractivity contribution in [1.29, 1.82) is 0 Å². The van der Waals surface area contributed by atoms with Crippen LogP contribution in [0, 0.1) is 0 Å². The third-order valence-electron chi connectivity index (χ3n) is 5.19. The predicted octanol–water partition coefficient (Wildman–Crippen LogP) is 3.37. The molecule has 3 aliphatic rings. The van der Waals surface area contributed by atoms with Gasteiger partial charge in [0.15, 0.2) is 11.5 Å². The van der Waals surface area contributed by atoms with Crippen molar-refractivity contribution in [3.8, 4) is 11.5 Å². The molecule has 0 bridgehead atoms. The number of aliphatic hydroxyl groups excluding tert-OH is 1. The summed E-state index contributed by atoms with van der Waals surface area (Å²) in [6.45, 7) is 6.52. The highest BCUT2D eigenvalue weighted by Gasteiger charge is 2.24. The van der Waals surface area contributed by atoms with E-state index in [0.29, 0.717) is 0 Å². The van der Waals surface area contributed by atoms with E-state index in [2.05, 4.69) is 11.9 Å². The lowest BCUT2D eigenvalue weighted by Gasteiger charge is -2.31. The number of hydrogen-bond acceptors (Lipinski definition) is 5. The van der Waals surface area contributed by atoms with Gasteiger partial charge in [0.25, 0.3) is 0 Å². The number of amidine groups is 1. The molecule has 0 radical (unpaired) electrons. The lowest BCUT2D eigenvalue weighted by atomic mass is 9.93. The highest BCUT2D eigenvalue weighted by atomic mass is 16.7. The molecule has 0 saturated heterocycles. The van der Waals surface area contributed by atoms with Gasteiger partial charge in [-0.25, -0.2) is 0 Å². The Hall–Kier alpha value is -2.73. The van der Waals surface area contributed by atoms with Crippen molar-refractivity contribution in [3.63, 3.8) is 0 Å². The van der Waals surface area contributed by atoms with Crippen molar-refractivity contribution in [3.05, 3.63) is 54.5 Å². The van der Waals surface area contributed by atoms with Crippen molar-refractivity contribution in [2.45, 2.75) is 44.8 Å². The van der Waals surface area contributed by atoms with Gasteiger partial charge in [-0.1, -0.05) is 12.7 Å². The van der Waals surface area contributed by atoms with E-state index in [1.54, 1.807) is 0 Å². The Bertz CT molecular complexity index is 820. The molecular formula is C21H25N3O3. The minimum atomic E-state index is -0.180. The van der Waals surface area contributed by atoms with Crippen LogP contribution < -0.4 is 14.8 Å². The zero-order valence-electron chi connectivity index (χ0n) is 15.5. The SMILES string of the molecule is C=C1C(=NC2CCC(O)CC2)NC=CN1/C(=C\C)c1ccc2c(c1)OCO2. The topological polar surface area (TPSA) is 66.3 Å². The second kappa shape index (κ2) is 7.48. The first-order valence-electron chi connectivity index (χ1n) is 9.39. The second-order valence-electron chi connectivity index (χ2n) is 6.96. The first-order valence-corrected chi connectivity index (χ1v) is 9.39. The van der Waals surface area contributed by atoms with Crippen LogP contribution in [0.3, 0.4) is 0 Å². The van der Waals surface area contributed by atoms with E-state index in [1.165, 1.54) is 0 Å². The Morgan fingerprint density at radius 1 is 1.26 bits per heavy atom. The average Bonchev–Trinajstić information content (AvgIpc) is 3.15. The second-order valence-corrected chi connectivity index (χ2v) is 6.96. The molecule has 2 heterocycles. The maximum absolute atomic E-state index is 9.70. The lowest BCUT2D eigenvalue weighted by Crippen LogP contribution is -2.35. The van der Waals surface area contributed by atoms with Gasteiger partial charge in [0, 0.05) is 23.7 Å². The smallest absolute Gasteiger partial charge is 0.231 e. The highest BCUT2D eigenvalue weighted by Crippen LogP contribution is 2.36. The van der Waals surface area contributed by atoms with Gasteiger partial charge in [0.2, 0.25) is 6.79 Å². The summed E-state index contributed by atoms with van der Waals surface area (Å²) in [5.41, 5.74) is 2.83. The quantitative estimate of drug-likeness (QED) is 0.857. The fourth-order valence-electron chi connectivity index (χ4n) is 3.69. The fraction of sp³-hybridized carbons (Fsp3) is 0.381. The molecule has 0 atom stereocenters. The summed E-state index contributed by atoms with van der Waals surface area (Å²) in [7, 11) is 0. The molecular weight excluding hydrogens is 342 g/mol. The molecule has 1 aromatic rings. The van der Waals surface area contributed by atoms with Crippen LogP contribution in [-0.4, -0.2) is 34.8 Å².